The first-order chi connectivity index (χ1) is 19.3. The van der Waals surface area contributed by atoms with Gasteiger partial charge in [0.25, 0.3) is 0 Å². The fourth-order valence-electron chi connectivity index (χ4n) is 8.71. The van der Waals surface area contributed by atoms with E-state index in [2.05, 4.69) is 71.9 Å². The van der Waals surface area contributed by atoms with Crippen LogP contribution in [0, 0.1) is 80.0 Å². The van der Waals surface area contributed by atoms with E-state index in [0.717, 1.165) is 71.9 Å². The van der Waals surface area contributed by atoms with Crippen LogP contribution in [0.1, 0.15) is 88.6 Å². The minimum absolute atomic E-state index is 0.122. The predicted octanol–water partition coefficient (Wildman–Crippen LogP) is 6.69. The molecule has 3 aromatic rings. The predicted molar refractivity (Wildman–Crippen MR) is 163 cm³/mol. The van der Waals surface area contributed by atoms with Crippen molar-refractivity contribution in [1.82, 2.24) is 0 Å². The van der Waals surface area contributed by atoms with E-state index in [-0.39, 0.29) is 16.2 Å². The molecule has 40 heavy (non-hydrogen) atoms. The molecular weight excluding hydrogens is 480 g/mol. The van der Waals surface area contributed by atoms with E-state index >= 15 is 0 Å². The van der Waals surface area contributed by atoms with E-state index in [9.17, 15) is 0 Å². The van der Waals surface area contributed by atoms with Gasteiger partial charge in [-0.1, -0.05) is 35.5 Å². The van der Waals surface area contributed by atoms with Gasteiger partial charge in [-0.15, -0.1) is 38.5 Å². The summed E-state index contributed by atoms with van der Waals surface area (Å²) in [5.74, 6) is 17.5. The molecular formula is C40H28. The molecule has 0 saturated heterocycles. The average Bonchev–Trinajstić information content (AvgIpc) is 2.99. The van der Waals surface area contributed by atoms with Gasteiger partial charge in [0.2, 0.25) is 0 Å². The van der Waals surface area contributed by atoms with Crippen LogP contribution >= 0.6 is 0 Å². The smallest absolute Gasteiger partial charge is 0.0257 e. The van der Waals surface area contributed by atoms with Crippen LogP contribution in [-0.2, 0) is 16.2 Å². The highest BCUT2D eigenvalue weighted by Crippen LogP contribution is 2.71. The van der Waals surface area contributed by atoms with Gasteiger partial charge >= 0.3 is 0 Å². The molecule has 0 unspecified atom stereocenters. The number of terminal acetylenes is 6. The Morgan fingerprint density at radius 3 is 0.825 bits per heavy atom. The molecule has 0 amide bonds. The lowest BCUT2D eigenvalue weighted by Gasteiger charge is -2.67. The van der Waals surface area contributed by atoms with Crippen LogP contribution in [0.2, 0.25) is 0 Å². The maximum Gasteiger partial charge on any atom is 0.0257 e. The van der Waals surface area contributed by atoms with Crippen molar-refractivity contribution in [3.05, 3.63) is 105 Å². The van der Waals surface area contributed by atoms with E-state index in [1.54, 1.807) is 0 Å². The molecule has 0 atom stereocenters. The van der Waals surface area contributed by atoms with Gasteiger partial charge in [0.05, 0.1) is 0 Å². The number of benzene rings is 3. The van der Waals surface area contributed by atoms with Crippen LogP contribution in [-0.4, -0.2) is 0 Å². The van der Waals surface area contributed by atoms with Gasteiger partial charge in [0.1, 0.15) is 0 Å². The minimum atomic E-state index is -0.122. The Balaban J connectivity index is 1.63. The van der Waals surface area contributed by atoms with Gasteiger partial charge < -0.3 is 0 Å². The molecule has 0 heterocycles. The molecule has 4 saturated carbocycles. The van der Waals surface area contributed by atoms with Crippen molar-refractivity contribution in [2.45, 2.75) is 54.8 Å². The lowest BCUT2D eigenvalue weighted by molar-refractivity contribution is -0.0494. The quantitative estimate of drug-likeness (QED) is 0.346. The van der Waals surface area contributed by atoms with Crippen molar-refractivity contribution >= 4 is 0 Å². The largest absolute Gasteiger partial charge is 0.115 e. The summed E-state index contributed by atoms with van der Waals surface area (Å²) < 4.78 is 0. The van der Waals surface area contributed by atoms with Gasteiger partial charge in [-0.05, 0) is 132 Å². The third-order valence-corrected chi connectivity index (χ3v) is 9.70. The Hall–Kier alpha value is -4.98. The van der Waals surface area contributed by atoms with Gasteiger partial charge in [0, 0.05) is 33.4 Å². The van der Waals surface area contributed by atoms with E-state index in [1.807, 2.05) is 18.2 Å². The normalized spacial score (nSPS) is 27.3. The minimum Gasteiger partial charge on any atom is -0.115 e. The van der Waals surface area contributed by atoms with Gasteiger partial charge in [-0.2, -0.15) is 0 Å². The maximum absolute atomic E-state index is 5.90. The summed E-state index contributed by atoms with van der Waals surface area (Å²) in [6.07, 6.45) is 41.6. The highest BCUT2D eigenvalue weighted by molar-refractivity contribution is 5.55. The lowest BCUT2D eigenvalue weighted by atomic mass is 9.36. The Morgan fingerprint density at radius 1 is 0.400 bits per heavy atom. The van der Waals surface area contributed by atoms with Crippen molar-refractivity contribution in [3.8, 4) is 74.1 Å². The summed E-state index contributed by atoms with van der Waals surface area (Å²) in [6, 6.07) is 18.8. The summed E-state index contributed by atoms with van der Waals surface area (Å²) >= 11 is 0. The third kappa shape index (κ3) is 3.83. The molecule has 4 bridgehead atoms. The zero-order chi connectivity index (χ0) is 28.1. The number of rotatable bonds is 3. The van der Waals surface area contributed by atoms with Crippen molar-refractivity contribution in [3.63, 3.8) is 0 Å². The van der Waals surface area contributed by atoms with Crippen molar-refractivity contribution in [1.29, 1.82) is 0 Å². The first kappa shape index (κ1) is 25.3. The molecule has 0 radical (unpaired) electrons. The first-order valence-corrected chi connectivity index (χ1v) is 13.6. The Bertz CT molecular complexity index is 1510. The molecule has 4 aliphatic carbocycles. The van der Waals surface area contributed by atoms with Crippen molar-refractivity contribution in [2.24, 2.45) is 5.92 Å². The summed E-state index contributed by atoms with van der Waals surface area (Å²) in [7, 11) is 0. The SMILES string of the molecule is C#Cc1cc(C#C)cc(C23CC4CC(c5cc(C#C)cc(C#C)c5)(C2)CC(c2cc(C#C)cc(C#C)c2)(C4)C3)c1. The molecule has 3 aromatic carbocycles. The van der Waals surface area contributed by atoms with E-state index in [1.165, 1.54) is 16.7 Å². The topological polar surface area (TPSA) is 0 Å². The number of hydrogen-bond acceptors (Lipinski definition) is 0. The fraction of sp³-hybridized carbons (Fsp3) is 0.250. The van der Waals surface area contributed by atoms with Crippen LogP contribution in [0.5, 0.6) is 0 Å². The third-order valence-electron chi connectivity index (χ3n) is 9.70. The highest BCUT2D eigenvalue weighted by atomic mass is 14.7. The molecule has 4 aliphatic rings. The molecule has 0 spiro atoms. The second-order valence-corrected chi connectivity index (χ2v) is 12.1. The monoisotopic (exact) mass is 508 g/mol. The van der Waals surface area contributed by atoms with Crippen LogP contribution in [0.3, 0.4) is 0 Å². The van der Waals surface area contributed by atoms with Crippen molar-refractivity contribution < 1.29 is 0 Å². The molecule has 0 heteroatoms. The molecule has 0 nitrogen and oxygen atoms in total. The van der Waals surface area contributed by atoms with Crippen molar-refractivity contribution in [2.75, 3.05) is 0 Å². The Labute approximate surface area is 239 Å². The molecule has 0 N–H and O–H groups in total. The number of hydrogen-bond donors (Lipinski definition) is 0. The van der Waals surface area contributed by atoms with E-state index in [0.29, 0.717) is 5.92 Å². The van der Waals surface area contributed by atoms with E-state index in [4.69, 9.17) is 38.5 Å². The fourth-order valence-corrected chi connectivity index (χ4v) is 8.71. The van der Waals surface area contributed by atoms with Crippen LogP contribution in [0.4, 0.5) is 0 Å². The molecule has 4 fully saturated rings. The van der Waals surface area contributed by atoms with Crippen LogP contribution < -0.4 is 0 Å². The second kappa shape index (κ2) is 9.05. The zero-order valence-corrected chi connectivity index (χ0v) is 22.5. The molecule has 188 valence electrons. The van der Waals surface area contributed by atoms with Crippen LogP contribution in [0.15, 0.2) is 54.6 Å². The summed E-state index contributed by atoms with van der Waals surface area (Å²) in [5, 5.41) is 0. The highest BCUT2D eigenvalue weighted by Gasteiger charge is 2.64. The maximum atomic E-state index is 5.90. The molecule has 7 rings (SSSR count). The molecule has 0 aromatic heterocycles. The summed E-state index contributed by atoms with van der Waals surface area (Å²) in [6.45, 7) is 0. The van der Waals surface area contributed by atoms with Crippen LogP contribution in [0.25, 0.3) is 0 Å². The zero-order valence-electron chi connectivity index (χ0n) is 22.5. The summed E-state index contributed by atoms with van der Waals surface area (Å²) in [5.41, 5.74) is 8.21. The van der Waals surface area contributed by atoms with E-state index < -0.39 is 0 Å². The van der Waals surface area contributed by atoms with Gasteiger partial charge in [0.15, 0.2) is 0 Å². The summed E-state index contributed by atoms with van der Waals surface area (Å²) in [4.78, 5) is 0. The van der Waals surface area contributed by atoms with Gasteiger partial charge in [-0.3, -0.25) is 0 Å². The second-order valence-electron chi connectivity index (χ2n) is 12.1. The Kier molecular flexibility index (Phi) is 5.73. The van der Waals surface area contributed by atoms with Gasteiger partial charge in [-0.25, -0.2) is 0 Å². The Morgan fingerprint density at radius 2 is 0.625 bits per heavy atom. The average molecular weight is 509 g/mol. The lowest BCUT2D eigenvalue weighted by Crippen LogP contribution is -2.62. The molecule has 0 aliphatic heterocycles. The first-order valence-electron chi connectivity index (χ1n) is 13.6. The standard InChI is InChI=1S/C40H28/c1-7-28-13-29(8-2)17-35(16-28)38-22-34-23-39(25-38,36-18-30(9-3)14-31(10-4)19-36)27-40(24-34,26-38)37-20-32(11-5)15-33(12-6)21-37/h1-6,13-21,34H,22-27H2.